The molecule has 0 atom stereocenters. The van der Waals surface area contributed by atoms with Crippen LogP contribution in [0.5, 0.6) is 0 Å². The third kappa shape index (κ3) is 4.26. The number of aromatic nitrogens is 3. The molecule has 7 aromatic carbocycles. The first-order valence-electron chi connectivity index (χ1n) is 16.9. The van der Waals surface area contributed by atoms with Gasteiger partial charge in [-0.3, -0.25) is 0 Å². The molecular formula is C45H25N3O3. The number of furan rings is 3. The summed E-state index contributed by atoms with van der Waals surface area (Å²) in [5.74, 6) is 1.62. The molecule has 0 saturated heterocycles. The normalized spacial score (nSPS) is 11.9. The lowest BCUT2D eigenvalue weighted by Gasteiger charge is -2.09. The van der Waals surface area contributed by atoms with Gasteiger partial charge in [0.1, 0.15) is 33.5 Å². The van der Waals surface area contributed by atoms with Crippen molar-refractivity contribution in [3.8, 4) is 45.3 Å². The molecule has 0 unspecified atom stereocenters. The summed E-state index contributed by atoms with van der Waals surface area (Å²) in [4.78, 5) is 15.2. The summed E-state index contributed by atoms with van der Waals surface area (Å²) in [5, 5.41) is 6.26. The summed E-state index contributed by atoms with van der Waals surface area (Å²) >= 11 is 0. The molecule has 6 nitrogen and oxygen atoms in total. The molecule has 0 fully saturated rings. The fraction of sp³-hybridized carbons (Fsp3) is 0. The molecule has 11 rings (SSSR count). The van der Waals surface area contributed by atoms with E-state index in [0.717, 1.165) is 93.6 Å². The zero-order valence-electron chi connectivity index (χ0n) is 27.0. The average molecular weight is 656 g/mol. The Kier molecular flexibility index (Phi) is 5.86. The maximum Gasteiger partial charge on any atom is 0.167 e. The van der Waals surface area contributed by atoms with Crippen LogP contribution in [-0.4, -0.2) is 15.0 Å². The van der Waals surface area contributed by atoms with Crippen molar-refractivity contribution in [3.63, 3.8) is 0 Å². The van der Waals surface area contributed by atoms with E-state index < -0.39 is 0 Å². The number of benzene rings is 7. The van der Waals surface area contributed by atoms with Crippen LogP contribution in [0.1, 0.15) is 0 Å². The van der Waals surface area contributed by atoms with E-state index >= 15 is 0 Å². The molecule has 238 valence electrons. The van der Waals surface area contributed by atoms with E-state index in [0.29, 0.717) is 17.5 Å². The third-order valence-electron chi connectivity index (χ3n) is 9.77. The first-order chi connectivity index (χ1) is 25.3. The summed E-state index contributed by atoms with van der Waals surface area (Å²) in [7, 11) is 0. The molecule has 0 N–H and O–H groups in total. The van der Waals surface area contributed by atoms with Crippen LogP contribution in [-0.2, 0) is 0 Å². The monoisotopic (exact) mass is 655 g/mol. The van der Waals surface area contributed by atoms with Crippen LogP contribution in [0, 0.1) is 0 Å². The SMILES string of the molecule is c1ccc(-c2nc(-c3cccc4c3oc3ccccc34)nc(-c3cccc4c3oc3cc(-c5cccc6oc7ccccc7c56)ccc34)n2)cc1. The lowest BCUT2D eigenvalue weighted by Crippen LogP contribution is -2.00. The van der Waals surface area contributed by atoms with Crippen molar-refractivity contribution in [1.82, 2.24) is 15.0 Å². The molecule has 4 heterocycles. The topological polar surface area (TPSA) is 78.1 Å². The molecule has 0 spiro atoms. The molecule has 51 heavy (non-hydrogen) atoms. The number of para-hydroxylation sites is 4. The lowest BCUT2D eigenvalue weighted by atomic mass is 9.98. The Balaban J connectivity index is 1.12. The highest BCUT2D eigenvalue weighted by Gasteiger charge is 2.21. The summed E-state index contributed by atoms with van der Waals surface area (Å²) in [6.45, 7) is 0. The second-order valence-corrected chi connectivity index (χ2v) is 12.7. The van der Waals surface area contributed by atoms with Crippen LogP contribution < -0.4 is 0 Å². The van der Waals surface area contributed by atoms with Gasteiger partial charge in [-0.05, 0) is 53.6 Å². The Labute approximate surface area is 290 Å². The first-order valence-corrected chi connectivity index (χ1v) is 16.9. The number of rotatable bonds is 4. The Hall–Kier alpha value is -7.05. The van der Waals surface area contributed by atoms with Crippen molar-refractivity contribution >= 4 is 65.8 Å². The first kappa shape index (κ1) is 27.9. The van der Waals surface area contributed by atoms with Gasteiger partial charge in [0.25, 0.3) is 0 Å². The Morgan fingerprint density at radius 3 is 1.59 bits per heavy atom. The maximum atomic E-state index is 6.74. The van der Waals surface area contributed by atoms with Crippen LogP contribution in [0.2, 0.25) is 0 Å². The van der Waals surface area contributed by atoms with Crippen molar-refractivity contribution in [2.75, 3.05) is 0 Å². The zero-order valence-corrected chi connectivity index (χ0v) is 27.0. The Morgan fingerprint density at radius 1 is 0.314 bits per heavy atom. The molecule has 0 saturated carbocycles. The predicted octanol–water partition coefficient (Wildman–Crippen LogP) is 12.2. The van der Waals surface area contributed by atoms with Crippen LogP contribution in [0.25, 0.3) is 111 Å². The van der Waals surface area contributed by atoms with Gasteiger partial charge in [-0.25, -0.2) is 15.0 Å². The van der Waals surface area contributed by atoms with Crippen molar-refractivity contribution in [2.24, 2.45) is 0 Å². The van der Waals surface area contributed by atoms with E-state index in [2.05, 4.69) is 48.5 Å². The van der Waals surface area contributed by atoms with Gasteiger partial charge < -0.3 is 13.3 Å². The van der Waals surface area contributed by atoms with Crippen molar-refractivity contribution in [2.45, 2.75) is 0 Å². The summed E-state index contributed by atoms with van der Waals surface area (Å²) in [6, 6.07) is 51.1. The standard InChI is InChI=1S/C45H25N3O3/c1-2-11-26(12-3-1)43-46-44(34-18-8-16-31-29-13-4-6-20-36(29)50-41(31)34)48-45(47-43)35-19-9-17-32-30-24-23-27(25-39(30)51-42(32)35)28-15-10-22-38-40(28)33-14-5-7-21-37(33)49-38/h1-25H. The third-order valence-corrected chi connectivity index (χ3v) is 9.77. The summed E-state index contributed by atoms with van der Waals surface area (Å²) in [5.41, 5.74) is 9.41. The lowest BCUT2D eigenvalue weighted by molar-refractivity contribution is 0.668. The molecule has 0 aliphatic carbocycles. The molecule has 0 bridgehead atoms. The van der Waals surface area contributed by atoms with Gasteiger partial charge in [0.15, 0.2) is 17.5 Å². The van der Waals surface area contributed by atoms with E-state index in [9.17, 15) is 0 Å². The average Bonchev–Trinajstić information content (AvgIpc) is 3.89. The second-order valence-electron chi connectivity index (χ2n) is 12.7. The highest BCUT2D eigenvalue weighted by molar-refractivity contribution is 6.14. The summed E-state index contributed by atoms with van der Waals surface area (Å²) in [6.07, 6.45) is 0. The van der Waals surface area contributed by atoms with Crippen LogP contribution in [0.4, 0.5) is 0 Å². The Bertz CT molecular complexity index is 3150. The number of hydrogen-bond donors (Lipinski definition) is 0. The Morgan fingerprint density at radius 2 is 0.843 bits per heavy atom. The number of nitrogens with zero attached hydrogens (tertiary/aromatic N) is 3. The molecular weight excluding hydrogens is 631 g/mol. The minimum Gasteiger partial charge on any atom is -0.456 e. The van der Waals surface area contributed by atoms with Gasteiger partial charge in [0.05, 0.1) is 11.1 Å². The van der Waals surface area contributed by atoms with Crippen LogP contribution in [0.3, 0.4) is 0 Å². The van der Waals surface area contributed by atoms with E-state index in [-0.39, 0.29) is 0 Å². The molecule has 0 aliphatic heterocycles. The highest BCUT2D eigenvalue weighted by atomic mass is 16.3. The van der Waals surface area contributed by atoms with Crippen molar-refractivity contribution in [1.29, 1.82) is 0 Å². The quantitative estimate of drug-likeness (QED) is 0.188. The molecule has 11 aromatic rings. The predicted molar refractivity (Wildman–Crippen MR) is 203 cm³/mol. The van der Waals surface area contributed by atoms with Gasteiger partial charge in [-0.2, -0.15) is 0 Å². The largest absolute Gasteiger partial charge is 0.456 e. The number of hydrogen-bond acceptors (Lipinski definition) is 6. The molecule has 0 aliphatic rings. The fourth-order valence-electron chi connectivity index (χ4n) is 7.41. The smallest absolute Gasteiger partial charge is 0.167 e. The zero-order chi connectivity index (χ0) is 33.5. The maximum absolute atomic E-state index is 6.74. The van der Waals surface area contributed by atoms with E-state index in [4.69, 9.17) is 28.2 Å². The van der Waals surface area contributed by atoms with Gasteiger partial charge in [-0.15, -0.1) is 0 Å². The molecule has 0 radical (unpaired) electrons. The van der Waals surface area contributed by atoms with Crippen LogP contribution in [0.15, 0.2) is 165 Å². The van der Waals surface area contributed by atoms with Crippen molar-refractivity contribution < 1.29 is 13.3 Å². The minimum absolute atomic E-state index is 0.520. The molecule has 4 aromatic heterocycles. The van der Waals surface area contributed by atoms with Crippen molar-refractivity contribution in [3.05, 3.63) is 152 Å². The van der Waals surface area contributed by atoms with Gasteiger partial charge >= 0.3 is 0 Å². The van der Waals surface area contributed by atoms with Gasteiger partial charge in [0.2, 0.25) is 0 Å². The summed E-state index contributed by atoms with van der Waals surface area (Å²) < 4.78 is 19.3. The fourth-order valence-corrected chi connectivity index (χ4v) is 7.41. The van der Waals surface area contributed by atoms with E-state index in [1.54, 1.807) is 0 Å². The highest BCUT2D eigenvalue weighted by Crippen LogP contribution is 2.41. The number of fused-ring (bicyclic) bond motifs is 9. The minimum atomic E-state index is 0.520. The van der Waals surface area contributed by atoms with E-state index in [1.807, 2.05) is 103 Å². The molecule has 6 heteroatoms. The van der Waals surface area contributed by atoms with Gasteiger partial charge in [0, 0.05) is 37.9 Å². The van der Waals surface area contributed by atoms with Crippen LogP contribution >= 0.6 is 0 Å². The van der Waals surface area contributed by atoms with Gasteiger partial charge in [-0.1, -0.05) is 109 Å². The second kappa shape index (κ2) is 10.7. The molecule has 0 amide bonds. The van der Waals surface area contributed by atoms with E-state index in [1.165, 1.54) is 0 Å².